The van der Waals surface area contributed by atoms with Gasteiger partial charge >= 0.3 is 6.18 Å². The van der Waals surface area contributed by atoms with E-state index in [-0.39, 0.29) is 27.9 Å². The van der Waals surface area contributed by atoms with Crippen LogP contribution in [0.25, 0.3) is 11.3 Å². The molecule has 3 heterocycles. The highest BCUT2D eigenvalue weighted by atomic mass is 19.4. The molecule has 9 heteroatoms. The number of pyridine rings is 3. The third kappa shape index (κ3) is 4.45. The van der Waals surface area contributed by atoms with E-state index < -0.39 is 35.7 Å². The van der Waals surface area contributed by atoms with Gasteiger partial charge in [-0.05, 0) is 48.0 Å². The lowest BCUT2D eigenvalue weighted by atomic mass is 9.81. The van der Waals surface area contributed by atoms with Crippen molar-refractivity contribution in [1.82, 2.24) is 15.0 Å². The Morgan fingerprint density at radius 2 is 1.30 bits per heavy atom. The monoisotopic (exact) mass is 457 g/mol. The van der Waals surface area contributed by atoms with Crippen LogP contribution in [0.2, 0.25) is 0 Å². The van der Waals surface area contributed by atoms with E-state index in [1.165, 1.54) is 67.1 Å². The molecule has 0 aliphatic heterocycles. The number of nitrogens with zero attached hydrogens (tertiary/aromatic N) is 3. The van der Waals surface area contributed by atoms with Crippen molar-refractivity contribution in [2.24, 2.45) is 0 Å². The number of rotatable bonds is 5. The molecule has 4 rings (SSSR count). The number of hydrogen-bond acceptors (Lipinski definition) is 4. The van der Waals surface area contributed by atoms with Crippen LogP contribution in [0.3, 0.4) is 0 Å². The van der Waals surface area contributed by atoms with Gasteiger partial charge in [0.25, 0.3) is 0 Å². The summed E-state index contributed by atoms with van der Waals surface area (Å²) in [6, 6.07) is 12.9. The summed E-state index contributed by atoms with van der Waals surface area (Å²) in [5.41, 5.74) is -3.21. The van der Waals surface area contributed by atoms with Crippen molar-refractivity contribution in [3.05, 3.63) is 113 Å². The lowest BCUT2D eigenvalue weighted by molar-refractivity contribution is -0.137. The van der Waals surface area contributed by atoms with Crippen molar-refractivity contribution in [2.45, 2.75) is 18.2 Å². The van der Waals surface area contributed by atoms with E-state index in [2.05, 4.69) is 15.0 Å². The van der Waals surface area contributed by atoms with Crippen LogP contribution in [-0.4, -0.2) is 20.1 Å². The molecule has 0 radical (unpaired) electrons. The van der Waals surface area contributed by atoms with Crippen LogP contribution in [0.5, 0.6) is 0 Å². The van der Waals surface area contributed by atoms with Gasteiger partial charge in [-0.25, -0.2) is 9.97 Å². The van der Waals surface area contributed by atoms with E-state index >= 15 is 0 Å². The fourth-order valence-corrected chi connectivity index (χ4v) is 3.68. The Bertz CT molecular complexity index is 1250. The van der Waals surface area contributed by atoms with Crippen molar-refractivity contribution in [1.29, 1.82) is 0 Å². The largest absolute Gasteiger partial charge is 0.416 e. The number of aromatic nitrogens is 3. The second kappa shape index (κ2) is 8.67. The molecule has 0 unspecified atom stereocenters. The first-order chi connectivity index (χ1) is 15.7. The third-order valence-electron chi connectivity index (χ3n) is 5.21. The standard InChI is InChI=1S/C24H16F5N3O/c25-21-18(8-3-11-31-21)23(33,19-9-4-12-32-22(19)26)14-16-6-2-10-30-20(16)15-5-1-7-17(13-15)24(27,28)29/h1-13,33H,14H2. The van der Waals surface area contributed by atoms with E-state index in [0.29, 0.717) is 0 Å². The van der Waals surface area contributed by atoms with Gasteiger partial charge in [-0.3, -0.25) is 4.98 Å². The minimum atomic E-state index is -4.57. The summed E-state index contributed by atoms with van der Waals surface area (Å²) in [7, 11) is 0. The van der Waals surface area contributed by atoms with Crippen LogP contribution >= 0.6 is 0 Å². The molecule has 0 bridgehead atoms. The maximum Gasteiger partial charge on any atom is 0.416 e. The average molecular weight is 457 g/mol. The predicted octanol–water partition coefficient (Wildman–Crippen LogP) is 5.31. The van der Waals surface area contributed by atoms with Gasteiger partial charge in [-0.1, -0.05) is 18.2 Å². The molecule has 3 aromatic heterocycles. The Hall–Kier alpha value is -3.72. The van der Waals surface area contributed by atoms with E-state index in [1.807, 2.05) is 0 Å². The van der Waals surface area contributed by atoms with Crippen LogP contribution in [0, 0.1) is 11.9 Å². The summed E-state index contributed by atoms with van der Waals surface area (Å²) < 4.78 is 69.0. The number of halogens is 5. The third-order valence-corrected chi connectivity index (χ3v) is 5.21. The molecule has 0 aliphatic rings. The molecular weight excluding hydrogens is 441 g/mol. The van der Waals surface area contributed by atoms with E-state index in [1.54, 1.807) is 0 Å². The Kier molecular flexibility index (Phi) is 5.90. The van der Waals surface area contributed by atoms with Gasteiger partial charge in [0.05, 0.1) is 11.3 Å². The molecule has 4 aromatic rings. The fourth-order valence-electron chi connectivity index (χ4n) is 3.68. The van der Waals surface area contributed by atoms with Crippen molar-refractivity contribution < 1.29 is 27.1 Å². The highest BCUT2D eigenvalue weighted by Gasteiger charge is 2.39. The summed E-state index contributed by atoms with van der Waals surface area (Å²) in [6.07, 6.45) is -1.23. The molecule has 0 saturated carbocycles. The van der Waals surface area contributed by atoms with Crippen molar-refractivity contribution >= 4 is 0 Å². The minimum absolute atomic E-state index is 0.135. The molecule has 33 heavy (non-hydrogen) atoms. The minimum Gasteiger partial charge on any atom is -0.380 e. The molecule has 1 aromatic carbocycles. The number of hydrogen-bond donors (Lipinski definition) is 1. The first-order valence-electron chi connectivity index (χ1n) is 9.76. The van der Waals surface area contributed by atoms with Crippen LogP contribution < -0.4 is 0 Å². The maximum absolute atomic E-state index is 14.7. The normalized spacial score (nSPS) is 12.1. The maximum atomic E-state index is 14.7. The van der Waals surface area contributed by atoms with Gasteiger partial charge < -0.3 is 5.11 Å². The van der Waals surface area contributed by atoms with Crippen LogP contribution in [-0.2, 0) is 18.2 Å². The van der Waals surface area contributed by atoms with Gasteiger partial charge in [0.2, 0.25) is 11.9 Å². The van der Waals surface area contributed by atoms with Crippen molar-refractivity contribution in [2.75, 3.05) is 0 Å². The lowest BCUT2D eigenvalue weighted by Gasteiger charge is -2.30. The van der Waals surface area contributed by atoms with Gasteiger partial charge in [0.1, 0.15) is 5.60 Å². The zero-order chi connectivity index (χ0) is 23.6. The lowest BCUT2D eigenvalue weighted by Crippen LogP contribution is -2.33. The van der Waals surface area contributed by atoms with Crippen LogP contribution in [0.4, 0.5) is 22.0 Å². The van der Waals surface area contributed by atoms with Crippen molar-refractivity contribution in [3.63, 3.8) is 0 Å². The number of alkyl halides is 3. The van der Waals surface area contributed by atoms with Gasteiger partial charge in [-0.2, -0.15) is 22.0 Å². The first kappa shape index (κ1) is 22.5. The zero-order valence-electron chi connectivity index (χ0n) is 16.9. The second-order valence-electron chi connectivity index (χ2n) is 7.31. The van der Waals surface area contributed by atoms with Gasteiger partial charge in [0, 0.05) is 41.7 Å². The highest BCUT2D eigenvalue weighted by Crippen LogP contribution is 2.38. The van der Waals surface area contributed by atoms with Crippen LogP contribution in [0.15, 0.2) is 79.3 Å². The number of aliphatic hydroxyl groups is 1. The topological polar surface area (TPSA) is 58.9 Å². The molecule has 0 saturated heterocycles. The molecule has 0 amide bonds. The first-order valence-corrected chi connectivity index (χ1v) is 9.76. The quantitative estimate of drug-likeness (QED) is 0.326. The second-order valence-corrected chi connectivity index (χ2v) is 7.31. The summed E-state index contributed by atoms with van der Waals surface area (Å²) in [4.78, 5) is 11.3. The Labute approximate surface area is 185 Å². The van der Waals surface area contributed by atoms with E-state index in [0.717, 1.165) is 12.1 Å². The Morgan fingerprint density at radius 1 is 0.727 bits per heavy atom. The molecule has 0 aliphatic carbocycles. The molecule has 1 N–H and O–H groups in total. The smallest absolute Gasteiger partial charge is 0.380 e. The molecular formula is C24H16F5N3O. The van der Waals surface area contributed by atoms with Crippen LogP contribution in [0.1, 0.15) is 22.3 Å². The molecule has 0 spiro atoms. The van der Waals surface area contributed by atoms with Gasteiger partial charge in [-0.15, -0.1) is 0 Å². The summed E-state index contributed by atoms with van der Waals surface area (Å²) >= 11 is 0. The van der Waals surface area contributed by atoms with E-state index in [4.69, 9.17) is 0 Å². The SMILES string of the molecule is OC(Cc1cccnc1-c1cccc(C(F)(F)F)c1)(c1cccnc1F)c1cccnc1F. The highest BCUT2D eigenvalue weighted by molar-refractivity contribution is 5.64. The summed E-state index contributed by atoms with van der Waals surface area (Å²) in [6.45, 7) is 0. The zero-order valence-corrected chi connectivity index (χ0v) is 16.9. The molecule has 0 atom stereocenters. The van der Waals surface area contributed by atoms with Gasteiger partial charge in [0.15, 0.2) is 0 Å². The molecule has 0 fully saturated rings. The molecule has 168 valence electrons. The average Bonchev–Trinajstić information content (AvgIpc) is 2.79. The van der Waals surface area contributed by atoms with Crippen molar-refractivity contribution in [3.8, 4) is 11.3 Å². The number of benzene rings is 1. The predicted molar refractivity (Wildman–Crippen MR) is 110 cm³/mol. The Balaban J connectivity index is 1.88. The summed E-state index contributed by atoms with van der Waals surface area (Å²) in [5.74, 6) is -2.04. The Morgan fingerprint density at radius 3 is 1.88 bits per heavy atom. The molecule has 4 nitrogen and oxygen atoms in total. The fraction of sp³-hybridized carbons (Fsp3) is 0.125. The van der Waals surface area contributed by atoms with E-state index in [9.17, 15) is 27.1 Å². The summed E-state index contributed by atoms with van der Waals surface area (Å²) in [5, 5.41) is 11.7.